The lowest BCUT2D eigenvalue weighted by Gasteiger charge is -2.36. The highest BCUT2D eigenvalue weighted by Gasteiger charge is 2.27. The topological polar surface area (TPSA) is 42.0 Å². The van der Waals surface area contributed by atoms with Gasteiger partial charge in [-0.2, -0.15) is 0 Å². The van der Waals surface area contributed by atoms with Gasteiger partial charge in [-0.3, -0.25) is 9.69 Å². The molecule has 0 radical (unpaired) electrons. The van der Waals surface area contributed by atoms with E-state index in [9.17, 15) is 4.79 Å². The van der Waals surface area contributed by atoms with E-state index in [1.54, 1.807) is 18.4 Å². The van der Waals surface area contributed by atoms with E-state index < -0.39 is 0 Å². The summed E-state index contributed by atoms with van der Waals surface area (Å²) < 4.78 is 11.1. The molecule has 1 fully saturated rings. The summed E-state index contributed by atoms with van der Waals surface area (Å²) >= 11 is 1.74. The second kappa shape index (κ2) is 10.1. The van der Waals surface area contributed by atoms with Crippen LogP contribution in [0.5, 0.6) is 5.75 Å². The van der Waals surface area contributed by atoms with E-state index in [0.717, 1.165) is 43.2 Å². The Kier molecular flexibility index (Phi) is 7.02. The Morgan fingerprint density at radius 3 is 2.58 bits per heavy atom. The molecule has 0 aliphatic carbocycles. The minimum Gasteiger partial charge on any atom is -0.496 e. The zero-order valence-electron chi connectivity index (χ0n) is 18.0. The van der Waals surface area contributed by atoms with Crippen LogP contribution >= 0.6 is 11.3 Å². The van der Waals surface area contributed by atoms with Gasteiger partial charge in [0.1, 0.15) is 5.75 Å². The lowest BCUT2D eigenvalue weighted by molar-refractivity contribution is 0.0104. The van der Waals surface area contributed by atoms with Crippen molar-refractivity contribution in [3.63, 3.8) is 0 Å². The molecule has 4 rings (SSSR count). The number of rotatable bonds is 7. The van der Waals surface area contributed by atoms with Gasteiger partial charge in [0.2, 0.25) is 0 Å². The molecule has 162 valence electrons. The maximum Gasteiger partial charge on any atom is 0.253 e. The Bertz CT molecular complexity index is 985. The molecule has 1 aliphatic rings. The van der Waals surface area contributed by atoms with E-state index in [1.165, 1.54) is 4.88 Å². The summed E-state index contributed by atoms with van der Waals surface area (Å²) in [5.41, 5.74) is 2.61. The third-order valence-corrected chi connectivity index (χ3v) is 6.66. The van der Waals surface area contributed by atoms with Crippen LogP contribution in [0, 0.1) is 0 Å². The molecule has 1 saturated heterocycles. The number of likely N-dealkylation sites (N-methyl/N-ethyl adjacent to an activating group) is 1. The lowest BCUT2D eigenvalue weighted by atomic mass is 10.0. The van der Waals surface area contributed by atoms with Crippen molar-refractivity contribution >= 4 is 17.2 Å². The highest BCUT2D eigenvalue weighted by molar-refractivity contribution is 7.10. The van der Waals surface area contributed by atoms with Crippen LogP contribution in [0.15, 0.2) is 66.0 Å². The molecular formula is C25H28N2O3S. The molecule has 31 heavy (non-hydrogen) atoms. The molecule has 1 aromatic heterocycles. The molecule has 5 nitrogen and oxygen atoms in total. The number of benzene rings is 2. The van der Waals surface area contributed by atoms with Gasteiger partial charge < -0.3 is 14.4 Å². The predicted octanol–water partition coefficient (Wildman–Crippen LogP) is 4.57. The normalized spacial score (nSPS) is 15.4. The number of carbonyl (C=O) groups excluding carboxylic acids is 1. The molecule has 1 amide bonds. The van der Waals surface area contributed by atoms with Crippen LogP contribution in [-0.4, -0.2) is 62.7 Å². The average molecular weight is 437 g/mol. The van der Waals surface area contributed by atoms with Crippen molar-refractivity contribution in [2.45, 2.75) is 6.04 Å². The third kappa shape index (κ3) is 4.98. The molecule has 0 bridgehead atoms. The molecule has 1 aliphatic heterocycles. The Morgan fingerprint density at radius 1 is 1.13 bits per heavy atom. The minimum absolute atomic E-state index is 0.00893. The molecular weight excluding hydrogens is 408 g/mol. The van der Waals surface area contributed by atoms with Gasteiger partial charge in [0.05, 0.1) is 26.4 Å². The van der Waals surface area contributed by atoms with Crippen molar-refractivity contribution in [2.24, 2.45) is 0 Å². The Hall–Kier alpha value is -2.67. The maximum atomic E-state index is 13.4. The van der Waals surface area contributed by atoms with Crippen molar-refractivity contribution < 1.29 is 14.3 Å². The predicted molar refractivity (Wildman–Crippen MR) is 125 cm³/mol. The zero-order valence-corrected chi connectivity index (χ0v) is 18.8. The van der Waals surface area contributed by atoms with Crippen LogP contribution in [0.25, 0.3) is 11.1 Å². The molecule has 1 atom stereocenters. The monoisotopic (exact) mass is 436 g/mol. The van der Waals surface area contributed by atoms with Crippen molar-refractivity contribution in [1.82, 2.24) is 9.80 Å². The Morgan fingerprint density at radius 2 is 1.90 bits per heavy atom. The van der Waals surface area contributed by atoms with Gasteiger partial charge in [0.15, 0.2) is 0 Å². The largest absolute Gasteiger partial charge is 0.496 e. The van der Waals surface area contributed by atoms with Gasteiger partial charge in [-0.05, 0) is 35.2 Å². The van der Waals surface area contributed by atoms with Crippen LogP contribution in [-0.2, 0) is 4.74 Å². The summed E-state index contributed by atoms with van der Waals surface area (Å²) in [6.45, 7) is 3.86. The number of thiophene rings is 1. The lowest BCUT2D eigenvalue weighted by Crippen LogP contribution is -2.44. The van der Waals surface area contributed by atoms with Gasteiger partial charge in [0.25, 0.3) is 5.91 Å². The van der Waals surface area contributed by atoms with Crippen LogP contribution in [0.1, 0.15) is 21.3 Å². The minimum atomic E-state index is 0.00893. The molecule has 0 spiro atoms. The molecule has 3 aromatic rings. The van der Waals surface area contributed by atoms with Gasteiger partial charge >= 0.3 is 0 Å². The fourth-order valence-electron chi connectivity index (χ4n) is 4.00. The summed E-state index contributed by atoms with van der Waals surface area (Å²) in [7, 11) is 3.54. The quantitative estimate of drug-likeness (QED) is 0.544. The first-order valence-corrected chi connectivity index (χ1v) is 11.4. The van der Waals surface area contributed by atoms with Crippen molar-refractivity contribution in [1.29, 1.82) is 0 Å². The van der Waals surface area contributed by atoms with Gasteiger partial charge in [0, 0.05) is 42.7 Å². The first-order chi connectivity index (χ1) is 15.2. The van der Waals surface area contributed by atoms with Gasteiger partial charge in [-0.15, -0.1) is 11.3 Å². The summed E-state index contributed by atoms with van der Waals surface area (Å²) in [6.07, 6.45) is 0. The maximum absolute atomic E-state index is 13.4. The first-order valence-electron chi connectivity index (χ1n) is 10.5. The summed E-state index contributed by atoms with van der Waals surface area (Å²) in [6, 6.07) is 20.1. The SMILES string of the molecule is COc1ccc(C(=O)N(C)C[C@@H](c2cccs2)N2CCOCC2)cc1-c1ccccc1. The number of morpholine rings is 1. The number of methoxy groups -OCH3 is 1. The summed E-state index contributed by atoms with van der Waals surface area (Å²) in [4.78, 5) is 18.9. The molecule has 0 N–H and O–H groups in total. The standard InChI is InChI=1S/C25H28N2O3S/c1-26(18-22(24-9-6-16-31-24)27-12-14-30-15-13-27)25(28)20-10-11-23(29-2)21(17-20)19-7-4-3-5-8-19/h3-11,16-17,22H,12-15,18H2,1-2H3/t22-/m0/s1. The number of nitrogens with zero attached hydrogens (tertiary/aromatic N) is 2. The zero-order chi connectivity index (χ0) is 21.6. The number of hydrogen-bond acceptors (Lipinski definition) is 5. The van der Waals surface area contributed by atoms with E-state index >= 15 is 0 Å². The number of carbonyl (C=O) groups is 1. The van der Waals surface area contributed by atoms with E-state index in [-0.39, 0.29) is 11.9 Å². The van der Waals surface area contributed by atoms with Gasteiger partial charge in [-0.1, -0.05) is 36.4 Å². The van der Waals surface area contributed by atoms with E-state index in [2.05, 4.69) is 22.4 Å². The van der Waals surface area contributed by atoms with Crippen LogP contribution < -0.4 is 4.74 Å². The fraction of sp³-hybridized carbons (Fsp3) is 0.320. The summed E-state index contributed by atoms with van der Waals surface area (Å²) in [5.74, 6) is 0.768. The van der Waals surface area contributed by atoms with Crippen molar-refractivity contribution in [3.05, 3.63) is 76.5 Å². The molecule has 0 saturated carbocycles. The van der Waals surface area contributed by atoms with E-state index in [1.807, 2.05) is 60.5 Å². The Labute approximate surface area is 187 Å². The number of ether oxygens (including phenoxy) is 2. The van der Waals surface area contributed by atoms with Crippen LogP contribution in [0.2, 0.25) is 0 Å². The molecule has 0 unspecified atom stereocenters. The van der Waals surface area contributed by atoms with E-state index in [0.29, 0.717) is 12.1 Å². The van der Waals surface area contributed by atoms with Crippen molar-refractivity contribution in [3.8, 4) is 16.9 Å². The van der Waals surface area contributed by atoms with Crippen LogP contribution in [0.4, 0.5) is 0 Å². The highest BCUT2D eigenvalue weighted by atomic mass is 32.1. The van der Waals surface area contributed by atoms with Gasteiger partial charge in [-0.25, -0.2) is 0 Å². The second-order valence-electron chi connectivity index (χ2n) is 7.65. The summed E-state index contributed by atoms with van der Waals surface area (Å²) in [5, 5.41) is 2.10. The first kappa shape index (κ1) is 21.6. The average Bonchev–Trinajstić information content (AvgIpc) is 3.37. The highest BCUT2D eigenvalue weighted by Crippen LogP contribution is 2.32. The molecule has 2 heterocycles. The molecule has 6 heteroatoms. The number of amides is 1. The smallest absolute Gasteiger partial charge is 0.253 e. The number of hydrogen-bond donors (Lipinski definition) is 0. The molecule has 2 aromatic carbocycles. The third-order valence-electron chi connectivity index (χ3n) is 5.68. The fourth-order valence-corrected chi connectivity index (χ4v) is 4.85. The second-order valence-corrected chi connectivity index (χ2v) is 8.63. The van der Waals surface area contributed by atoms with Crippen LogP contribution in [0.3, 0.4) is 0 Å². The van der Waals surface area contributed by atoms with E-state index in [4.69, 9.17) is 9.47 Å². The van der Waals surface area contributed by atoms with Crippen molar-refractivity contribution in [2.75, 3.05) is 47.0 Å². The Balaban J connectivity index is 1.57.